The summed E-state index contributed by atoms with van der Waals surface area (Å²) in [6, 6.07) is 13.2. The summed E-state index contributed by atoms with van der Waals surface area (Å²) in [5.74, 6) is -0.355. The molecule has 5 heteroatoms. The minimum absolute atomic E-state index is 0.0624. The van der Waals surface area contributed by atoms with Crippen molar-refractivity contribution in [1.29, 1.82) is 0 Å². The fourth-order valence-corrected chi connectivity index (χ4v) is 5.76. The molecule has 0 radical (unpaired) electrons. The molecule has 0 fully saturated rings. The number of hydroxylamine groups is 2. The molecule has 0 aliphatic heterocycles. The maximum Gasteiger partial charge on any atom is 0.251 e. The van der Waals surface area contributed by atoms with Gasteiger partial charge in [0.05, 0.1) is 19.1 Å². The largest absolute Gasteiger partial charge is 0.409 e. The van der Waals surface area contributed by atoms with Crippen molar-refractivity contribution >= 4 is 14.2 Å². The van der Waals surface area contributed by atoms with Crippen LogP contribution in [-0.2, 0) is 14.1 Å². The van der Waals surface area contributed by atoms with Crippen LogP contribution in [0.4, 0.5) is 0 Å². The molecular weight excluding hydrogens is 306 g/mol. The average Bonchev–Trinajstić information content (AvgIpc) is 2.62. The Labute approximate surface area is 141 Å². The molecule has 130 valence electrons. The van der Waals surface area contributed by atoms with E-state index in [1.54, 1.807) is 7.05 Å². The molecule has 0 spiro atoms. The second-order valence-electron chi connectivity index (χ2n) is 6.00. The predicted molar refractivity (Wildman–Crippen MR) is 96.4 cm³/mol. The Morgan fingerprint density at radius 2 is 1.65 bits per heavy atom. The van der Waals surface area contributed by atoms with Crippen LogP contribution in [0.25, 0.3) is 0 Å². The minimum Gasteiger partial charge on any atom is -0.409 e. The van der Waals surface area contributed by atoms with Gasteiger partial charge in [-0.15, -0.1) is 0 Å². The first-order chi connectivity index (χ1) is 10.9. The highest BCUT2D eigenvalue weighted by atomic mass is 28.4. The molecule has 23 heavy (non-hydrogen) atoms. The second-order valence-corrected chi connectivity index (χ2v) is 10.7. The third-order valence-corrected chi connectivity index (χ3v) is 9.49. The van der Waals surface area contributed by atoms with Gasteiger partial charge >= 0.3 is 0 Å². The van der Waals surface area contributed by atoms with Gasteiger partial charge in [0.25, 0.3) is 5.91 Å². The number of carbonyl (C=O) groups excluding carboxylic acids is 1. The molecule has 0 unspecified atom stereocenters. The summed E-state index contributed by atoms with van der Waals surface area (Å²) in [4.78, 5) is 17.6. The Balaban J connectivity index is 3.15. The molecule has 1 amide bonds. The van der Waals surface area contributed by atoms with Crippen LogP contribution >= 0.6 is 0 Å². The molecule has 0 saturated heterocycles. The molecule has 0 aliphatic carbocycles. The molecule has 0 N–H and O–H groups in total. The Hall–Kier alpha value is -1.17. The van der Waals surface area contributed by atoms with Crippen LogP contribution in [0.2, 0.25) is 18.1 Å². The number of rotatable bonds is 9. The van der Waals surface area contributed by atoms with E-state index >= 15 is 0 Å². The average molecular weight is 338 g/mol. The van der Waals surface area contributed by atoms with Crippen LogP contribution in [0, 0.1) is 5.92 Å². The van der Waals surface area contributed by atoms with Gasteiger partial charge < -0.3 is 4.43 Å². The van der Waals surface area contributed by atoms with E-state index in [2.05, 4.69) is 20.8 Å². The van der Waals surface area contributed by atoms with Gasteiger partial charge in [0.1, 0.15) is 0 Å². The molecule has 0 heterocycles. The molecular formula is C18H31NO3Si. The predicted octanol–water partition coefficient (Wildman–Crippen LogP) is 4.41. The Morgan fingerprint density at radius 3 is 2.09 bits per heavy atom. The van der Waals surface area contributed by atoms with Crippen molar-refractivity contribution in [3.05, 3.63) is 35.9 Å². The number of amides is 1. The van der Waals surface area contributed by atoms with E-state index < -0.39 is 8.32 Å². The van der Waals surface area contributed by atoms with Crippen molar-refractivity contribution in [2.24, 2.45) is 5.92 Å². The summed E-state index contributed by atoms with van der Waals surface area (Å²) < 4.78 is 6.69. The number of nitrogens with zero attached hydrogens (tertiary/aromatic N) is 1. The van der Waals surface area contributed by atoms with E-state index in [1.165, 1.54) is 12.2 Å². The van der Waals surface area contributed by atoms with Crippen molar-refractivity contribution in [2.75, 3.05) is 14.2 Å². The zero-order chi connectivity index (χ0) is 17.5. The van der Waals surface area contributed by atoms with Gasteiger partial charge in [-0.1, -0.05) is 58.0 Å². The molecule has 0 bridgehead atoms. The van der Waals surface area contributed by atoms with Crippen molar-refractivity contribution in [1.82, 2.24) is 5.06 Å². The molecule has 4 nitrogen and oxygen atoms in total. The smallest absolute Gasteiger partial charge is 0.251 e. The van der Waals surface area contributed by atoms with Gasteiger partial charge in [0.15, 0.2) is 8.32 Å². The standard InChI is InChI=1S/C18H31NO3Si/c1-7-23(8-2,9-3)22-17(16-13-11-10-12-14-16)15(4)18(20)19(5)21-6/h10-15,17H,7-9H2,1-6H3/t15-,17-/m1/s1. The van der Waals surface area contributed by atoms with E-state index in [0.717, 1.165) is 23.7 Å². The first kappa shape index (κ1) is 19.9. The van der Waals surface area contributed by atoms with Gasteiger partial charge in [0.2, 0.25) is 0 Å². The number of benzene rings is 1. The molecule has 2 atom stereocenters. The number of hydrogen-bond donors (Lipinski definition) is 0. The Kier molecular flexibility index (Phi) is 7.95. The van der Waals surface area contributed by atoms with Gasteiger partial charge in [0, 0.05) is 7.05 Å². The van der Waals surface area contributed by atoms with Crippen molar-refractivity contribution in [2.45, 2.75) is 51.9 Å². The summed E-state index contributed by atoms with van der Waals surface area (Å²) in [7, 11) is 1.32. The highest BCUT2D eigenvalue weighted by molar-refractivity contribution is 6.73. The first-order valence-electron chi connectivity index (χ1n) is 8.49. The maximum atomic E-state index is 12.6. The minimum atomic E-state index is -1.83. The fourth-order valence-electron chi connectivity index (χ4n) is 2.88. The van der Waals surface area contributed by atoms with Gasteiger partial charge in [-0.25, -0.2) is 5.06 Å². The number of hydrogen-bond acceptors (Lipinski definition) is 3. The van der Waals surface area contributed by atoms with Crippen molar-refractivity contribution < 1.29 is 14.1 Å². The lowest BCUT2D eigenvalue weighted by Crippen LogP contribution is -2.42. The fraction of sp³-hybridized carbons (Fsp3) is 0.611. The third-order valence-electron chi connectivity index (χ3n) is 4.87. The van der Waals surface area contributed by atoms with Crippen LogP contribution in [0.5, 0.6) is 0 Å². The highest BCUT2D eigenvalue weighted by Gasteiger charge is 2.37. The summed E-state index contributed by atoms with van der Waals surface area (Å²) in [5.41, 5.74) is 1.06. The van der Waals surface area contributed by atoms with E-state index in [-0.39, 0.29) is 17.9 Å². The highest BCUT2D eigenvalue weighted by Crippen LogP contribution is 2.35. The topological polar surface area (TPSA) is 38.8 Å². The maximum absolute atomic E-state index is 12.6. The van der Waals surface area contributed by atoms with E-state index in [9.17, 15) is 4.79 Å². The third kappa shape index (κ3) is 4.90. The molecule has 0 aliphatic rings. The van der Waals surface area contributed by atoms with Crippen LogP contribution in [-0.4, -0.2) is 33.4 Å². The monoisotopic (exact) mass is 337 g/mol. The van der Waals surface area contributed by atoms with E-state index in [1.807, 2.05) is 37.3 Å². The summed E-state index contributed by atoms with van der Waals surface area (Å²) >= 11 is 0. The molecule has 0 aromatic heterocycles. The summed E-state index contributed by atoms with van der Waals surface area (Å²) in [6.45, 7) is 8.54. The SMILES string of the molecule is CC[Si](CC)(CC)O[C@@H](c1ccccc1)[C@@H](C)C(=O)N(C)OC. The van der Waals surface area contributed by atoms with Crippen LogP contribution in [0.3, 0.4) is 0 Å². The molecule has 1 aromatic rings. The second kappa shape index (κ2) is 9.20. The lowest BCUT2D eigenvalue weighted by Gasteiger charge is -2.36. The first-order valence-corrected chi connectivity index (χ1v) is 11.0. The molecule has 0 saturated carbocycles. The molecule has 1 aromatic carbocycles. The quantitative estimate of drug-likeness (QED) is 0.495. The van der Waals surface area contributed by atoms with E-state index in [0.29, 0.717) is 0 Å². The zero-order valence-electron chi connectivity index (χ0n) is 15.3. The summed E-state index contributed by atoms with van der Waals surface area (Å²) in [6.07, 6.45) is -0.229. The lowest BCUT2D eigenvalue weighted by molar-refractivity contribution is -0.176. The Morgan fingerprint density at radius 1 is 1.13 bits per heavy atom. The number of carbonyl (C=O) groups is 1. The van der Waals surface area contributed by atoms with Gasteiger partial charge in [-0.05, 0) is 23.7 Å². The van der Waals surface area contributed by atoms with Crippen molar-refractivity contribution in [3.8, 4) is 0 Å². The van der Waals surface area contributed by atoms with Crippen LogP contribution in [0.15, 0.2) is 30.3 Å². The summed E-state index contributed by atoms with van der Waals surface area (Å²) in [5, 5.41) is 1.29. The zero-order valence-corrected chi connectivity index (χ0v) is 16.3. The van der Waals surface area contributed by atoms with Crippen molar-refractivity contribution in [3.63, 3.8) is 0 Å². The van der Waals surface area contributed by atoms with Crippen LogP contribution < -0.4 is 0 Å². The lowest BCUT2D eigenvalue weighted by atomic mass is 9.97. The Bertz CT molecular complexity index is 468. The van der Waals surface area contributed by atoms with E-state index in [4.69, 9.17) is 9.26 Å². The van der Waals surface area contributed by atoms with Crippen LogP contribution in [0.1, 0.15) is 39.4 Å². The van der Waals surface area contributed by atoms with Gasteiger partial charge in [-0.3, -0.25) is 9.63 Å². The molecule has 1 rings (SSSR count). The van der Waals surface area contributed by atoms with Gasteiger partial charge in [-0.2, -0.15) is 0 Å². The normalized spacial score (nSPS) is 14.3.